The highest BCUT2D eigenvalue weighted by Crippen LogP contribution is 2.25. The van der Waals surface area contributed by atoms with Crippen LogP contribution >= 0.6 is 0 Å². The van der Waals surface area contributed by atoms with Gasteiger partial charge >= 0.3 is 5.97 Å². The van der Waals surface area contributed by atoms with Gasteiger partial charge in [-0.1, -0.05) is 18.2 Å². The number of carbonyl (C=O) groups excluding carboxylic acids is 1. The predicted octanol–water partition coefficient (Wildman–Crippen LogP) is 1.43. The maximum absolute atomic E-state index is 11.7. The predicted molar refractivity (Wildman–Crippen MR) is 68.8 cm³/mol. The van der Waals surface area contributed by atoms with Crippen molar-refractivity contribution in [2.24, 2.45) is 5.92 Å². The van der Waals surface area contributed by atoms with Crippen molar-refractivity contribution in [2.45, 2.75) is 25.3 Å². The lowest BCUT2D eigenvalue weighted by Gasteiger charge is -2.13. The van der Waals surface area contributed by atoms with E-state index in [1.807, 2.05) is 18.2 Å². The fourth-order valence-corrected chi connectivity index (χ4v) is 2.27. The van der Waals surface area contributed by atoms with Crippen LogP contribution in [-0.2, 0) is 9.59 Å². The second-order valence-electron chi connectivity index (χ2n) is 4.71. The molecule has 0 aromatic heterocycles. The molecule has 19 heavy (non-hydrogen) atoms. The van der Waals surface area contributed by atoms with Gasteiger partial charge in [0.15, 0.2) is 6.61 Å². The van der Waals surface area contributed by atoms with E-state index in [-0.39, 0.29) is 24.5 Å². The summed E-state index contributed by atoms with van der Waals surface area (Å²) in [5.74, 6) is -0.676. The Morgan fingerprint density at radius 2 is 2.00 bits per heavy atom. The van der Waals surface area contributed by atoms with E-state index in [9.17, 15) is 9.59 Å². The van der Waals surface area contributed by atoms with Crippen molar-refractivity contribution < 1.29 is 19.4 Å². The quantitative estimate of drug-likeness (QED) is 0.842. The highest BCUT2D eigenvalue weighted by Gasteiger charge is 2.30. The normalized spacial score (nSPS) is 21.9. The average molecular weight is 263 g/mol. The molecule has 1 aromatic carbocycles. The molecule has 2 rings (SSSR count). The standard InChI is InChI=1S/C14H17NO4/c16-13(9-19-12-4-2-1-3-5-12)15-11-7-6-10(8-11)14(17)18/h1-5,10-11H,6-9H2,(H,15,16)(H,17,18)/t10-,11+/m0/s1. The largest absolute Gasteiger partial charge is 0.484 e. The smallest absolute Gasteiger partial charge is 0.306 e. The van der Waals surface area contributed by atoms with Crippen molar-refractivity contribution >= 4 is 11.9 Å². The van der Waals surface area contributed by atoms with E-state index in [0.29, 0.717) is 25.0 Å². The van der Waals surface area contributed by atoms with Crippen LogP contribution in [0.2, 0.25) is 0 Å². The van der Waals surface area contributed by atoms with Crippen LogP contribution in [0.3, 0.4) is 0 Å². The van der Waals surface area contributed by atoms with Crippen molar-refractivity contribution in [3.05, 3.63) is 30.3 Å². The first-order valence-electron chi connectivity index (χ1n) is 6.35. The molecule has 102 valence electrons. The Balaban J connectivity index is 1.72. The third-order valence-electron chi connectivity index (χ3n) is 3.26. The minimum absolute atomic E-state index is 0.0434. The molecule has 1 amide bonds. The summed E-state index contributed by atoms with van der Waals surface area (Å²) in [6, 6.07) is 9.06. The lowest BCUT2D eigenvalue weighted by atomic mass is 10.1. The number of hydrogen-bond acceptors (Lipinski definition) is 3. The van der Waals surface area contributed by atoms with E-state index < -0.39 is 5.97 Å². The summed E-state index contributed by atoms with van der Waals surface area (Å²) in [5, 5.41) is 11.7. The number of para-hydroxylation sites is 1. The molecule has 5 heteroatoms. The number of benzene rings is 1. The molecule has 1 aliphatic rings. The van der Waals surface area contributed by atoms with Crippen molar-refractivity contribution in [3.63, 3.8) is 0 Å². The molecule has 0 bridgehead atoms. The summed E-state index contributed by atoms with van der Waals surface area (Å²) in [6.07, 6.45) is 1.85. The van der Waals surface area contributed by atoms with Gasteiger partial charge in [0.1, 0.15) is 5.75 Å². The van der Waals surface area contributed by atoms with Crippen LogP contribution in [0.15, 0.2) is 30.3 Å². The Kier molecular flexibility index (Phi) is 4.39. The van der Waals surface area contributed by atoms with Crippen molar-refractivity contribution in [1.29, 1.82) is 0 Å². The van der Waals surface area contributed by atoms with Gasteiger partial charge in [-0.05, 0) is 31.4 Å². The zero-order chi connectivity index (χ0) is 13.7. The summed E-state index contributed by atoms with van der Waals surface area (Å²) in [5.41, 5.74) is 0. The van der Waals surface area contributed by atoms with Crippen molar-refractivity contribution in [1.82, 2.24) is 5.32 Å². The first-order valence-corrected chi connectivity index (χ1v) is 6.35. The van der Waals surface area contributed by atoms with Gasteiger partial charge in [-0.2, -0.15) is 0 Å². The molecule has 1 aliphatic carbocycles. The average Bonchev–Trinajstić information content (AvgIpc) is 2.86. The fourth-order valence-electron chi connectivity index (χ4n) is 2.27. The zero-order valence-electron chi connectivity index (χ0n) is 10.5. The fraction of sp³-hybridized carbons (Fsp3) is 0.429. The number of carboxylic acids is 1. The molecule has 0 radical (unpaired) electrons. The van der Waals surface area contributed by atoms with E-state index in [1.54, 1.807) is 12.1 Å². The van der Waals surface area contributed by atoms with Crippen molar-refractivity contribution in [2.75, 3.05) is 6.61 Å². The number of hydrogen-bond donors (Lipinski definition) is 2. The molecular weight excluding hydrogens is 246 g/mol. The number of carboxylic acid groups (broad SMARTS) is 1. The van der Waals surface area contributed by atoms with Crippen LogP contribution in [0.5, 0.6) is 5.75 Å². The molecule has 1 fully saturated rings. The molecule has 0 unspecified atom stereocenters. The van der Waals surface area contributed by atoms with Gasteiger partial charge < -0.3 is 15.2 Å². The lowest BCUT2D eigenvalue weighted by molar-refractivity contribution is -0.141. The summed E-state index contributed by atoms with van der Waals surface area (Å²) in [6.45, 7) is -0.0434. The van der Waals surface area contributed by atoms with E-state index >= 15 is 0 Å². The van der Waals surface area contributed by atoms with E-state index in [4.69, 9.17) is 9.84 Å². The van der Waals surface area contributed by atoms with Gasteiger partial charge in [0.25, 0.3) is 5.91 Å². The van der Waals surface area contributed by atoms with Crippen LogP contribution in [0.4, 0.5) is 0 Å². The van der Waals surface area contributed by atoms with Crippen LogP contribution in [0, 0.1) is 5.92 Å². The summed E-state index contributed by atoms with van der Waals surface area (Å²) in [7, 11) is 0. The second kappa shape index (κ2) is 6.22. The topological polar surface area (TPSA) is 75.6 Å². The van der Waals surface area contributed by atoms with Gasteiger partial charge in [-0.25, -0.2) is 0 Å². The Bertz CT molecular complexity index is 446. The third kappa shape index (κ3) is 3.98. The minimum Gasteiger partial charge on any atom is -0.484 e. The van der Waals surface area contributed by atoms with Crippen LogP contribution in [-0.4, -0.2) is 29.6 Å². The molecular formula is C14H17NO4. The van der Waals surface area contributed by atoms with E-state index in [0.717, 1.165) is 0 Å². The second-order valence-corrected chi connectivity index (χ2v) is 4.71. The molecule has 1 saturated carbocycles. The third-order valence-corrected chi connectivity index (χ3v) is 3.26. The molecule has 0 spiro atoms. The maximum atomic E-state index is 11.7. The molecule has 0 saturated heterocycles. The highest BCUT2D eigenvalue weighted by atomic mass is 16.5. The van der Waals surface area contributed by atoms with Gasteiger partial charge in [-0.15, -0.1) is 0 Å². The minimum atomic E-state index is -0.780. The Hall–Kier alpha value is -2.04. The van der Waals surface area contributed by atoms with Crippen LogP contribution < -0.4 is 10.1 Å². The SMILES string of the molecule is O=C(COc1ccccc1)N[C@@H]1CC[C@H](C(=O)O)C1. The molecule has 5 nitrogen and oxygen atoms in total. The molecule has 0 aliphatic heterocycles. The molecule has 2 atom stereocenters. The number of carbonyl (C=O) groups is 2. The molecule has 0 heterocycles. The molecule has 1 aromatic rings. The highest BCUT2D eigenvalue weighted by molar-refractivity contribution is 5.78. The van der Waals surface area contributed by atoms with Crippen molar-refractivity contribution in [3.8, 4) is 5.75 Å². The lowest BCUT2D eigenvalue weighted by Crippen LogP contribution is -2.36. The summed E-state index contributed by atoms with van der Waals surface area (Å²) < 4.78 is 5.32. The first-order chi connectivity index (χ1) is 9.15. The van der Waals surface area contributed by atoms with Crippen LogP contribution in [0.25, 0.3) is 0 Å². The Labute approximate surface area is 111 Å². The summed E-state index contributed by atoms with van der Waals surface area (Å²) >= 11 is 0. The Morgan fingerprint density at radius 1 is 1.26 bits per heavy atom. The number of amides is 1. The van der Waals surface area contributed by atoms with E-state index in [2.05, 4.69) is 5.32 Å². The maximum Gasteiger partial charge on any atom is 0.306 e. The Morgan fingerprint density at radius 3 is 2.63 bits per heavy atom. The first kappa shape index (κ1) is 13.4. The van der Waals surface area contributed by atoms with Gasteiger partial charge in [0.2, 0.25) is 0 Å². The van der Waals surface area contributed by atoms with Gasteiger partial charge in [0, 0.05) is 6.04 Å². The van der Waals surface area contributed by atoms with E-state index in [1.165, 1.54) is 0 Å². The number of nitrogens with one attached hydrogen (secondary N) is 1. The number of aliphatic carboxylic acids is 1. The summed E-state index contributed by atoms with van der Waals surface area (Å²) in [4.78, 5) is 22.5. The number of ether oxygens (including phenoxy) is 1. The molecule has 2 N–H and O–H groups in total. The zero-order valence-corrected chi connectivity index (χ0v) is 10.5. The van der Waals surface area contributed by atoms with Crippen LogP contribution in [0.1, 0.15) is 19.3 Å². The number of rotatable bonds is 5. The monoisotopic (exact) mass is 263 g/mol. The van der Waals surface area contributed by atoms with Gasteiger partial charge in [-0.3, -0.25) is 9.59 Å². The van der Waals surface area contributed by atoms with Gasteiger partial charge in [0.05, 0.1) is 5.92 Å².